The van der Waals surface area contributed by atoms with E-state index in [2.05, 4.69) is 20.6 Å². The lowest BCUT2D eigenvalue weighted by molar-refractivity contribution is -0.122. The molecule has 0 saturated heterocycles. The Bertz CT molecular complexity index is 521. The second-order valence-electron chi connectivity index (χ2n) is 3.97. The predicted octanol–water partition coefficient (Wildman–Crippen LogP) is -0.609. The zero-order valence-electron chi connectivity index (χ0n) is 10.6. The quantitative estimate of drug-likeness (QED) is 0.687. The molecule has 2 amide bonds. The molecule has 20 heavy (non-hydrogen) atoms. The topological polar surface area (TPSA) is 104 Å². The highest BCUT2D eigenvalue weighted by Gasteiger charge is 2.22. The predicted molar refractivity (Wildman–Crippen MR) is 75.5 cm³/mol. The molecule has 106 valence electrons. The van der Waals surface area contributed by atoms with Crippen molar-refractivity contribution in [2.24, 2.45) is 4.99 Å². The van der Waals surface area contributed by atoms with E-state index < -0.39 is 24.5 Å². The van der Waals surface area contributed by atoms with E-state index in [9.17, 15) is 14.7 Å². The molecular formula is C12H14N4O3S. The Kier molecular flexibility index (Phi) is 5.08. The van der Waals surface area contributed by atoms with Crippen molar-refractivity contribution in [1.29, 1.82) is 0 Å². The molecule has 2 heterocycles. The fraction of sp³-hybridized carbons (Fsp3) is 0.333. The number of aliphatic hydroxyl groups excluding tert-OH is 1. The maximum Gasteiger partial charge on any atom is 0.252 e. The van der Waals surface area contributed by atoms with Crippen LogP contribution in [0.25, 0.3) is 0 Å². The average Bonchev–Trinajstić information content (AvgIpc) is 2.98. The van der Waals surface area contributed by atoms with Crippen LogP contribution < -0.4 is 10.6 Å². The highest BCUT2D eigenvalue weighted by atomic mass is 32.2. The zero-order chi connectivity index (χ0) is 14.4. The first kappa shape index (κ1) is 14.5. The molecule has 1 atom stereocenters. The largest absolute Gasteiger partial charge is 0.394 e. The number of rotatable bonds is 4. The third-order valence-electron chi connectivity index (χ3n) is 2.56. The lowest BCUT2D eigenvalue weighted by Crippen LogP contribution is -2.49. The number of nitrogens with zero attached hydrogens (tertiary/aromatic N) is 2. The van der Waals surface area contributed by atoms with Crippen LogP contribution in [0.1, 0.15) is 10.4 Å². The number of thioether (sulfide) groups is 1. The summed E-state index contributed by atoms with van der Waals surface area (Å²) in [6.07, 6.45) is 2.96. The van der Waals surface area contributed by atoms with Crippen molar-refractivity contribution in [3.63, 3.8) is 0 Å². The normalized spacial score (nSPS) is 15.3. The number of carbonyl (C=O) groups is 2. The number of aliphatic imine (C=N–C) groups is 1. The number of amidine groups is 1. The molecule has 1 aromatic rings. The number of hydrogen-bond acceptors (Lipinski definition) is 6. The first-order valence-corrected chi connectivity index (χ1v) is 6.99. The smallest absolute Gasteiger partial charge is 0.252 e. The molecule has 0 spiro atoms. The highest BCUT2D eigenvalue weighted by molar-refractivity contribution is 8.14. The molecule has 0 aromatic carbocycles. The van der Waals surface area contributed by atoms with E-state index in [1.807, 2.05) is 0 Å². The van der Waals surface area contributed by atoms with Crippen molar-refractivity contribution in [2.75, 3.05) is 18.9 Å². The van der Waals surface area contributed by atoms with Crippen molar-refractivity contribution in [3.05, 3.63) is 30.1 Å². The minimum absolute atomic E-state index is 0.374. The molecule has 1 aromatic heterocycles. The number of hydrogen-bond donors (Lipinski definition) is 3. The van der Waals surface area contributed by atoms with E-state index in [1.165, 1.54) is 36.3 Å². The summed E-state index contributed by atoms with van der Waals surface area (Å²) in [6.45, 7) is 0.175. The van der Waals surface area contributed by atoms with Gasteiger partial charge in [0.15, 0.2) is 5.17 Å². The van der Waals surface area contributed by atoms with E-state index in [0.29, 0.717) is 17.3 Å². The van der Waals surface area contributed by atoms with E-state index in [0.717, 1.165) is 5.75 Å². The first-order chi connectivity index (χ1) is 9.70. The number of pyridine rings is 1. The van der Waals surface area contributed by atoms with E-state index in [-0.39, 0.29) is 0 Å². The van der Waals surface area contributed by atoms with Crippen molar-refractivity contribution < 1.29 is 14.7 Å². The van der Waals surface area contributed by atoms with Gasteiger partial charge in [-0.1, -0.05) is 11.8 Å². The van der Waals surface area contributed by atoms with Gasteiger partial charge in [-0.25, -0.2) is 0 Å². The number of nitrogens with one attached hydrogen (secondary N) is 2. The summed E-state index contributed by atoms with van der Waals surface area (Å²) in [5.41, 5.74) is 0.374. The van der Waals surface area contributed by atoms with Crippen molar-refractivity contribution in [3.8, 4) is 0 Å². The van der Waals surface area contributed by atoms with Crippen LogP contribution in [0, 0.1) is 0 Å². The van der Waals surface area contributed by atoms with Gasteiger partial charge in [-0.3, -0.25) is 19.6 Å². The van der Waals surface area contributed by atoms with Gasteiger partial charge in [-0.15, -0.1) is 0 Å². The van der Waals surface area contributed by atoms with Crippen LogP contribution in [0.15, 0.2) is 29.5 Å². The van der Waals surface area contributed by atoms with Gasteiger partial charge in [0.25, 0.3) is 11.8 Å². The van der Waals surface area contributed by atoms with Gasteiger partial charge >= 0.3 is 0 Å². The van der Waals surface area contributed by atoms with Gasteiger partial charge in [0.05, 0.1) is 13.2 Å². The van der Waals surface area contributed by atoms with Gasteiger partial charge in [0, 0.05) is 23.7 Å². The molecule has 3 N–H and O–H groups in total. The molecule has 0 fully saturated rings. The lowest BCUT2D eigenvalue weighted by Gasteiger charge is -2.15. The van der Waals surface area contributed by atoms with Crippen molar-refractivity contribution in [2.45, 2.75) is 6.04 Å². The molecule has 1 aliphatic heterocycles. The molecule has 0 aliphatic carbocycles. The van der Waals surface area contributed by atoms with Gasteiger partial charge in [0.1, 0.15) is 6.04 Å². The zero-order valence-corrected chi connectivity index (χ0v) is 11.4. The Morgan fingerprint density at radius 3 is 2.75 bits per heavy atom. The summed E-state index contributed by atoms with van der Waals surface area (Å²) < 4.78 is 0. The molecular weight excluding hydrogens is 280 g/mol. The van der Waals surface area contributed by atoms with Crippen molar-refractivity contribution >= 4 is 28.7 Å². The van der Waals surface area contributed by atoms with Crippen LogP contribution in [0.3, 0.4) is 0 Å². The maximum absolute atomic E-state index is 11.9. The Balaban J connectivity index is 1.94. The second kappa shape index (κ2) is 7.01. The molecule has 2 rings (SSSR count). The van der Waals surface area contributed by atoms with E-state index in [1.54, 1.807) is 0 Å². The lowest BCUT2D eigenvalue weighted by atomic mass is 10.2. The maximum atomic E-state index is 11.9. The summed E-state index contributed by atoms with van der Waals surface area (Å²) in [5, 5.41) is 14.8. The number of carbonyl (C=O) groups excluding carboxylic acids is 2. The van der Waals surface area contributed by atoms with E-state index in [4.69, 9.17) is 0 Å². The summed E-state index contributed by atoms with van der Waals surface area (Å²) in [6, 6.07) is 2.04. The summed E-state index contributed by atoms with van der Waals surface area (Å²) in [4.78, 5) is 31.7. The highest BCUT2D eigenvalue weighted by Crippen LogP contribution is 2.09. The minimum atomic E-state index is -1.01. The first-order valence-electron chi connectivity index (χ1n) is 6.00. The van der Waals surface area contributed by atoms with Crippen LogP contribution in [0.2, 0.25) is 0 Å². The monoisotopic (exact) mass is 294 g/mol. The Hall–Kier alpha value is -1.93. The van der Waals surface area contributed by atoms with Crippen LogP contribution in [0.5, 0.6) is 0 Å². The molecule has 8 heteroatoms. The molecule has 7 nitrogen and oxygen atoms in total. The number of aliphatic hydroxyl groups is 1. The fourth-order valence-corrected chi connectivity index (χ4v) is 2.27. The molecule has 1 unspecified atom stereocenters. The third kappa shape index (κ3) is 3.78. The number of amides is 2. The Morgan fingerprint density at radius 2 is 2.15 bits per heavy atom. The van der Waals surface area contributed by atoms with Crippen molar-refractivity contribution in [1.82, 2.24) is 15.6 Å². The van der Waals surface area contributed by atoms with Gasteiger partial charge in [-0.2, -0.15) is 0 Å². The standard InChI is InChI=1S/C12H14N4O3S/c17-7-9(11(19)16-12-14-5-6-20-12)15-10(18)8-1-3-13-4-2-8/h1-4,9,17H,5-7H2,(H,15,18)(H,14,16,19). The Labute approximate surface area is 119 Å². The van der Waals surface area contributed by atoms with Crippen LogP contribution in [-0.4, -0.2) is 52.0 Å². The molecule has 0 radical (unpaired) electrons. The number of aromatic nitrogens is 1. The average molecular weight is 294 g/mol. The molecule has 0 bridgehead atoms. The van der Waals surface area contributed by atoms with Crippen LogP contribution in [0.4, 0.5) is 0 Å². The summed E-state index contributed by atoms with van der Waals surface area (Å²) in [7, 11) is 0. The second-order valence-corrected chi connectivity index (χ2v) is 5.05. The molecule has 0 saturated carbocycles. The SMILES string of the molecule is O=C(NC(CO)C(=O)NC1=NCCS1)c1ccncc1. The third-order valence-corrected chi connectivity index (χ3v) is 3.45. The molecule has 1 aliphatic rings. The van der Waals surface area contributed by atoms with E-state index >= 15 is 0 Å². The van der Waals surface area contributed by atoms with Gasteiger partial charge in [-0.05, 0) is 12.1 Å². The fourth-order valence-electron chi connectivity index (χ4n) is 1.54. The Morgan fingerprint density at radius 1 is 1.40 bits per heavy atom. The van der Waals surface area contributed by atoms with Crippen LogP contribution in [-0.2, 0) is 4.79 Å². The van der Waals surface area contributed by atoms with Gasteiger partial charge in [0.2, 0.25) is 0 Å². The minimum Gasteiger partial charge on any atom is -0.394 e. The summed E-state index contributed by atoms with van der Waals surface area (Å²) >= 11 is 1.43. The summed E-state index contributed by atoms with van der Waals surface area (Å²) in [5.74, 6) is -0.103. The van der Waals surface area contributed by atoms with Crippen LogP contribution >= 0.6 is 11.8 Å². The van der Waals surface area contributed by atoms with Gasteiger partial charge < -0.3 is 15.7 Å².